The van der Waals surface area contributed by atoms with Crippen molar-refractivity contribution in [1.82, 2.24) is 14.8 Å². The van der Waals surface area contributed by atoms with Crippen LogP contribution in [0.5, 0.6) is 0 Å². The van der Waals surface area contributed by atoms with Gasteiger partial charge in [0, 0.05) is 31.4 Å². The highest BCUT2D eigenvalue weighted by Gasteiger charge is 2.43. The fourth-order valence-electron chi connectivity index (χ4n) is 4.22. The summed E-state index contributed by atoms with van der Waals surface area (Å²) in [7, 11) is 0. The third-order valence-corrected chi connectivity index (χ3v) is 5.76. The molecule has 0 aliphatic carbocycles. The van der Waals surface area contributed by atoms with Crippen LogP contribution in [0.1, 0.15) is 30.7 Å². The van der Waals surface area contributed by atoms with Crippen molar-refractivity contribution in [3.8, 4) is 0 Å². The molecular formula is C19H27N3O3. The molecule has 1 spiro atoms. The van der Waals surface area contributed by atoms with Gasteiger partial charge in [0.25, 0.3) is 0 Å². The lowest BCUT2D eigenvalue weighted by atomic mass is 9.88. The highest BCUT2D eigenvalue weighted by molar-refractivity contribution is 5.78. The lowest BCUT2D eigenvalue weighted by molar-refractivity contribution is -0.173. The van der Waals surface area contributed by atoms with Gasteiger partial charge in [-0.15, -0.1) is 0 Å². The van der Waals surface area contributed by atoms with E-state index in [9.17, 15) is 4.79 Å². The fraction of sp³-hybridized carbons (Fsp3) is 0.684. The normalized spacial score (nSPS) is 27.2. The molecule has 0 saturated carbocycles. The summed E-state index contributed by atoms with van der Waals surface area (Å²) in [5.74, 6) is 0.0700. The van der Waals surface area contributed by atoms with Gasteiger partial charge in [-0.3, -0.25) is 14.7 Å². The minimum atomic E-state index is -0.187. The van der Waals surface area contributed by atoms with Gasteiger partial charge in [0.15, 0.2) is 0 Å². The number of ether oxygens (including phenoxy) is 2. The standard InChI is InChI=1S/C19H27N3O3/c1-15-3-2-4-16(20-15)11-22-14-19(25-13-18(22)23)6-8-21(9-7-19)17-5-10-24-12-17/h2-4,17H,5-14H2,1H3. The van der Waals surface area contributed by atoms with Crippen LogP contribution in [-0.4, -0.2) is 71.8 Å². The number of aromatic nitrogens is 1. The molecule has 1 unspecified atom stereocenters. The molecule has 3 aliphatic rings. The van der Waals surface area contributed by atoms with Crippen molar-refractivity contribution in [2.24, 2.45) is 0 Å². The van der Waals surface area contributed by atoms with E-state index in [0.717, 1.165) is 57.0 Å². The van der Waals surface area contributed by atoms with Crippen LogP contribution in [0.15, 0.2) is 18.2 Å². The number of piperidine rings is 1. The summed E-state index contributed by atoms with van der Waals surface area (Å²) in [6.07, 6.45) is 3.10. The smallest absolute Gasteiger partial charge is 0.249 e. The largest absolute Gasteiger partial charge is 0.380 e. The van der Waals surface area contributed by atoms with Crippen LogP contribution in [0.2, 0.25) is 0 Å². The van der Waals surface area contributed by atoms with E-state index in [1.165, 1.54) is 0 Å². The molecule has 1 atom stereocenters. The van der Waals surface area contributed by atoms with Gasteiger partial charge in [-0.05, 0) is 38.3 Å². The minimum absolute atomic E-state index is 0.0700. The maximum Gasteiger partial charge on any atom is 0.249 e. The van der Waals surface area contributed by atoms with Crippen LogP contribution in [-0.2, 0) is 20.8 Å². The topological polar surface area (TPSA) is 54.9 Å². The molecule has 0 bridgehead atoms. The molecule has 6 heteroatoms. The lowest BCUT2D eigenvalue weighted by Gasteiger charge is -2.47. The Balaban J connectivity index is 1.39. The summed E-state index contributed by atoms with van der Waals surface area (Å²) < 4.78 is 11.6. The van der Waals surface area contributed by atoms with Gasteiger partial charge < -0.3 is 14.4 Å². The molecular weight excluding hydrogens is 318 g/mol. The summed E-state index contributed by atoms with van der Waals surface area (Å²) in [6, 6.07) is 6.54. The van der Waals surface area contributed by atoms with Gasteiger partial charge in [0.05, 0.1) is 31.0 Å². The Morgan fingerprint density at radius 1 is 1.32 bits per heavy atom. The van der Waals surface area contributed by atoms with Crippen LogP contribution in [0.3, 0.4) is 0 Å². The molecule has 136 valence electrons. The van der Waals surface area contributed by atoms with Crippen molar-refractivity contribution < 1.29 is 14.3 Å². The van der Waals surface area contributed by atoms with Crippen LogP contribution in [0.4, 0.5) is 0 Å². The van der Waals surface area contributed by atoms with E-state index in [4.69, 9.17) is 9.47 Å². The van der Waals surface area contributed by atoms with Gasteiger partial charge in [0.1, 0.15) is 6.61 Å². The highest BCUT2D eigenvalue weighted by atomic mass is 16.5. The van der Waals surface area contributed by atoms with E-state index in [1.54, 1.807) is 0 Å². The predicted molar refractivity (Wildman–Crippen MR) is 93.1 cm³/mol. The average Bonchev–Trinajstić information content (AvgIpc) is 3.14. The number of nitrogens with zero attached hydrogens (tertiary/aromatic N) is 3. The highest BCUT2D eigenvalue weighted by Crippen LogP contribution is 2.32. The number of hydrogen-bond donors (Lipinski definition) is 0. The van der Waals surface area contributed by atoms with Crippen LogP contribution < -0.4 is 0 Å². The molecule has 6 nitrogen and oxygen atoms in total. The molecule has 0 aromatic carbocycles. The molecule has 3 aliphatic heterocycles. The molecule has 4 rings (SSSR count). The molecule has 4 heterocycles. The zero-order valence-corrected chi connectivity index (χ0v) is 14.9. The molecule has 25 heavy (non-hydrogen) atoms. The van der Waals surface area contributed by atoms with E-state index in [-0.39, 0.29) is 18.1 Å². The van der Waals surface area contributed by atoms with Crippen LogP contribution in [0.25, 0.3) is 0 Å². The van der Waals surface area contributed by atoms with E-state index in [2.05, 4.69) is 9.88 Å². The molecule has 1 amide bonds. The Morgan fingerprint density at radius 2 is 2.16 bits per heavy atom. The first-order valence-corrected chi connectivity index (χ1v) is 9.30. The Kier molecular flexibility index (Phi) is 4.75. The monoisotopic (exact) mass is 345 g/mol. The third-order valence-electron chi connectivity index (χ3n) is 5.76. The molecule has 0 N–H and O–H groups in total. The second-order valence-corrected chi connectivity index (χ2v) is 7.55. The number of likely N-dealkylation sites (tertiary alicyclic amines) is 1. The lowest BCUT2D eigenvalue weighted by Crippen LogP contribution is -2.59. The van der Waals surface area contributed by atoms with E-state index in [1.807, 2.05) is 30.0 Å². The Bertz CT molecular complexity index is 622. The van der Waals surface area contributed by atoms with Crippen molar-refractivity contribution in [1.29, 1.82) is 0 Å². The van der Waals surface area contributed by atoms with Gasteiger partial charge in [-0.2, -0.15) is 0 Å². The number of carbonyl (C=O) groups excluding carboxylic acids is 1. The third kappa shape index (κ3) is 3.71. The second kappa shape index (κ2) is 7.02. The van der Waals surface area contributed by atoms with E-state index < -0.39 is 0 Å². The molecule has 0 radical (unpaired) electrons. The SMILES string of the molecule is Cc1cccc(CN2CC3(CCN(C4CCOC4)CC3)OCC2=O)n1. The number of rotatable bonds is 3. The zero-order valence-electron chi connectivity index (χ0n) is 14.9. The molecule has 3 saturated heterocycles. The van der Waals surface area contributed by atoms with Crippen LogP contribution >= 0.6 is 0 Å². The maximum absolute atomic E-state index is 12.3. The predicted octanol–water partition coefficient (Wildman–Crippen LogP) is 1.37. The van der Waals surface area contributed by atoms with E-state index >= 15 is 0 Å². The minimum Gasteiger partial charge on any atom is -0.380 e. The van der Waals surface area contributed by atoms with Gasteiger partial charge >= 0.3 is 0 Å². The zero-order chi connectivity index (χ0) is 17.3. The van der Waals surface area contributed by atoms with Crippen molar-refractivity contribution >= 4 is 5.91 Å². The first-order chi connectivity index (χ1) is 12.1. The average molecular weight is 345 g/mol. The molecule has 1 aromatic heterocycles. The van der Waals surface area contributed by atoms with Crippen LogP contribution in [0, 0.1) is 6.92 Å². The van der Waals surface area contributed by atoms with Gasteiger partial charge in [-0.1, -0.05) is 6.07 Å². The van der Waals surface area contributed by atoms with Gasteiger partial charge in [0.2, 0.25) is 5.91 Å². The fourth-order valence-corrected chi connectivity index (χ4v) is 4.22. The number of aryl methyl sites for hydroxylation is 1. The van der Waals surface area contributed by atoms with E-state index in [0.29, 0.717) is 19.1 Å². The number of amides is 1. The summed E-state index contributed by atoms with van der Waals surface area (Å²) >= 11 is 0. The Labute approximate surface area is 149 Å². The Morgan fingerprint density at radius 3 is 2.88 bits per heavy atom. The van der Waals surface area contributed by atoms with Crippen molar-refractivity contribution in [3.63, 3.8) is 0 Å². The number of morpholine rings is 1. The van der Waals surface area contributed by atoms with Crippen molar-refractivity contribution in [2.75, 3.05) is 39.5 Å². The number of pyridine rings is 1. The number of hydrogen-bond acceptors (Lipinski definition) is 5. The Hall–Kier alpha value is -1.50. The molecule has 3 fully saturated rings. The van der Waals surface area contributed by atoms with Crippen molar-refractivity contribution in [2.45, 2.75) is 44.4 Å². The summed E-state index contributed by atoms with van der Waals surface area (Å²) in [4.78, 5) is 21.3. The first kappa shape index (κ1) is 16.9. The first-order valence-electron chi connectivity index (χ1n) is 9.30. The second-order valence-electron chi connectivity index (χ2n) is 7.55. The number of carbonyl (C=O) groups is 1. The maximum atomic E-state index is 12.3. The van der Waals surface area contributed by atoms with Crippen molar-refractivity contribution in [3.05, 3.63) is 29.6 Å². The molecule has 1 aromatic rings. The summed E-state index contributed by atoms with van der Waals surface area (Å²) in [5, 5.41) is 0. The quantitative estimate of drug-likeness (QED) is 0.828. The summed E-state index contributed by atoms with van der Waals surface area (Å²) in [6.45, 7) is 7.22. The van der Waals surface area contributed by atoms with Gasteiger partial charge in [-0.25, -0.2) is 0 Å². The summed E-state index contributed by atoms with van der Waals surface area (Å²) in [5.41, 5.74) is 1.75.